The number of benzene rings is 2. The lowest BCUT2D eigenvalue weighted by molar-refractivity contribution is -0.116. The van der Waals surface area contributed by atoms with Crippen LogP contribution in [0, 0.1) is 0 Å². The second-order valence-electron chi connectivity index (χ2n) is 9.09. The average Bonchev–Trinajstić information content (AvgIpc) is 3.61. The van der Waals surface area contributed by atoms with Gasteiger partial charge in [-0.05, 0) is 60.7 Å². The number of pyridine rings is 1. The number of hydrogen-bond acceptors (Lipinski definition) is 7. The second kappa shape index (κ2) is 12.0. The molecule has 2 aromatic carbocycles. The van der Waals surface area contributed by atoms with E-state index in [1.54, 1.807) is 37.6 Å². The number of carbonyl (C=O) groups excluding carboxylic acids is 2. The molecule has 4 aromatic rings. The second-order valence-corrected chi connectivity index (χ2v) is 9.48. The first-order valence-electron chi connectivity index (χ1n) is 12.7. The van der Waals surface area contributed by atoms with E-state index in [2.05, 4.69) is 15.6 Å². The van der Waals surface area contributed by atoms with Crippen LogP contribution in [0.1, 0.15) is 40.3 Å². The van der Waals surface area contributed by atoms with Crippen LogP contribution >= 0.6 is 12.2 Å². The van der Waals surface area contributed by atoms with Gasteiger partial charge in [0.1, 0.15) is 23.3 Å². The maximum absolute atomic E-state index is 12.9. The quantitative estimate of drug-likeness (QED) is 0.214. The molecular weight excluding hydrogens is 528 g/mol. The largest absolute Gasteiger partial charge is 0.495 e. The number of nitrogens with one attached hydrogen (secondary N) is 2. The molecule has 5 rings (SSSR count). The topological polar surface area (TPSA) is 106 Å². The number of aromatic nitrogens is 1. The molecule has 1 saturated heterocycles. The van der Waals surface area contributed by atoms with Crippen molar-refractivity contribution in [2.24, 2.45) is 0 Å². The molecule has 0 spiro atoms. The number of anilines is 1. The van der Waals surface area contributed by atoms with E-state index in [0.717, 1.165) is 11.3 Å². The normalized spacial score (nSPS) is 16.4. The van der Waals surface area contributed by atoms with Gasteiger partial charge in [0.05, 0.1) is 37.2 Å². The Hall–Kier alpha value is -4.70. The van der Waals surface area contributed by atoms with Crippen molar-refractivity contribution in [3.63, 3.8) is 0 Å². The van der Waals surface area contributed by atoms with Crippen LogP contribution in [0.15, 0.2) is 89.5 Å². The minimum atomic E-state index is -0.402. The van der Waals surface area contributed by atoms with Crippen molar-refractivity contribution in [2.75, 3.05) is 26.1 Å². The van der Waals surface area contributed by atoms with E-state index in [-0.39, 0.29) is 24.4 Å². The van der Waals surface area contributed by atoms with Gasteiger partial charge in [-0.3, -0.25) is 9.78 Å². The minimum absolute atomic E-state index is 0.168. The lowest BCUT2D eigenvalue weighted by Crippen LogP contribution is -2.32. The Morgan fingerprint density at radius 1 is 1.02 bits per heavy atom. The molecule has 40 heavy (non-hydrogen) atoms. The molecule has 2 atom stereocenters. The summed E-state index contributed by atoms with van der Waals surface area (Å²) in [5.74, 6) is 1.32. The summed E-state index contributed by atoms with van der Waals surface area (Å²) in [6, 6.07) is 23.1. The Morgan fingerprint density at radius 3 is 2.52 bits per heavy atom. The molecule has 2 N–H and O–H groups in total. The zero-order chi connectivity index (χ0) is 28.1. The summed E-state index contributed by atoms with van der Waals surface area (Å²) >= 11 is 5.72. The molecule has 1 aliphatic heterocycles. The molecule has 204 valence electrons. The average molecular weight is 557 g/mol. The molecule has 0 radical (unpaired) electrons. The highest BCUT2D eigenvalue weighted by Gasteiger charge is 2.41. The molecule has 0 unspecified atom stereocenters. The van der Waals surface area contributed by atoms with Crippen LogP contribution in [-0.2, 0) is 9.53 Å². The van der Waals surface area contributed by atoms with Crippen LogP contribution in [0.5, 0.6) is 5.75 Å². The number of methoxy groups -OCH3 is 2. The highest BCUT2D eigenvalue weighted by Crippen LogP contribution is 2.40. The van der Waals surface area contributed by atoms with Gasteiger partial charge in [-0.1, -0.05) is 30.3 Å². The van der Waals surface area contributed by atoms with Crippen molar-refractivity contribution >= 4 is 34.9 Å². The maximum Gasteiger partial charge on any atom is 0.337 e. The third-order valence-corrected chi connectivity index (χ3v) is 7.02. The van der Waals surface area contributed by atoms with E-state index < -0.39 is 5.97 Å². The van der Waals surface area contributed by atoms with Gasteiger partial charge in [-0.2, -0.15) is 0 Å². The predicted molar refractivity (Wildman–Crippen MR) is 154 cm³/mol. The van der Waals surface area contributed by atoms with Crippen LogP contribution in [-0.4, -0.2) is 47.6 Å². The van der Waals surface area contributed by atoms with E-state index in [1.165, 1.54) is 7.11 Å². The van der Waals surface area contributed by atoms with Crippen molar-refractivity contribution < 1.29 is 23.5 Å². The zero-order valence-corrected chi connectivity index (χ0v) is 22.8. The summed E-state index contributed by atoms with van der Waals surface area (Å²) < 4.78 is 16.5. The number of nitrogens with zero attached hydrogens (tertiary/aromatic N) is 2. The lowest BCUT2D eigenvalue weighted by Gasteiger charge is -2.26. The predicted octanol–water partition coefficient (Wildman–Crippen LogP) is 5.14. The van der Waals surface area contributed by atoms with Crippen molar-refractivity contribution in [1.82, 2.24) is 15.2 Å². The van der Waals surface area contributed by atoms with Crippen LogP contribution in [0.3, 0.4) is 0 Å². The summed E-state index contributed by atoms with van der Waals surface area (Å²) in [4.78, 5) is 31.2. The Labute approximate surface area is 237 Å². The molecule has 0 saturated carbocycles. The summed E-state index contributed by atoms with van der Waals surface area (Å²) in [6.45, 7) is 0.352. The van der Waals surface area contributed by atoms with E-state index >= 15 is 0 Å². The highest BCUT2D eigenvalue weighted by atomic mass is 32.1. The first kappa shape index (κ1) is 26.9. The number of amides is 1. The molecule has 0 bridgehead atoms. The Morgan fingerprint density at radius 2 is 1.80 bits per heavy atom. The van der Waals surface area contributed by atoms with Crippen LogP contribution in [0.2, 0.25) is 0 Å². The molecule has 10 heteroatoms. The Balaban J connectivity index is 1.38. The third kappa shape index (κ3) is 5.67. The maximum atomic E-state index is 12.9. The first-order valence-corrected chi connectivity index (χ1v) is 13.1. The van der Waals surface area contributed by atoms with E-state index in [9.17, 15) is 9.59 Å². The number of esters is 1. The fourth-order valence-corrected chi connectivity index (χ4v) is 5.03. The van der Waals surface area contributed by atoms with Crippen molar-refractivity contribution in [1.29, 1.82) is 0 Å². The summed E-state index contributed by atoms with van der Waals surface area (Å²) in [5.41, 5.74) is 2.67. The number of carbonyl (C=O) groups is 2. The van der Waals surface area contributed by atoms with Gasteiger partial charge >= 0.3 is 5.97 Å². The molecule has 0 aliphatic carbocycles. The fraction of sp³-hybridized carbons (Fsp3) is 0.200. The van der Waals surface area contributed by atoms with E-state index in [1.807, 2.05) is 59.5 Å². The number of para-hydroxylation sites is 2. The van der Waals surface area contributed by atoms with Gasteiger partial charge in [0, 0.05) is 24.7 Å². The monoisotopic (exact) mass is 556 g/mol. The molecule has 1 fully saturated rings. The summed E-state index contributed by atoms with van der Waals surface area (Å²) in [6.07, 6.45) is 1.92. The summed E-state index contributed by atoms with van der Waals surface area (Å²) in [7, 11) is 2.91. The smallest absolute Gasteiger partial charge is 0.337 e. The van der Waals surface area contributed by atoms with E-state index in [4.69, 9.17) is 26.1 Å². The van der Waals surface area contributed by atoms with Gasteiger partial charge in [0.2, 0.25) is 5.91 Å². The fourth-order valence-electron chi connectivity index (χ4n) is 4.69. The van der Waals surface area contributed by atoms with Gasteiger partial charge in [0.15, 0.2) is 5.11 Å². The van der Waals surface area contributed by atoms with Gasteiger partial charge < -0.3 is 29.4 Å². The molecule has 9 nitrogen and oxygen atoms in total. The number of ether oxygens (including phenoxy) is 2. The van der Waals surface area contributed by atoms with Crippen LogP contribution in [0.25, 0.3) is 11.3 Å². The summed E-state index contributed by atoms with van der Waals surface area (Å²) in [5, 5.41) is 6.79. The van der Waals surface area contributed by atoms with Crippen molar-refractivity contribution in [3.05, 3.63) is 102 Å². The number of furan rings is 1. The Kier molecular flexibility index (Phi) is 8.07. The van der Waals surface area contributed by atoms with Gasteiger partial charge in [-0.15, -0.1) is 0 Å². The van der Waals surface area contributed by atoms with Crippen LogP contribution < -0.4 is 15.4 Å². The minimum Gasteiger partial charge on any atom is -0.495 e. The molecule has 1 amide bonds. The van der Waals surface area contributed by atoms with Crippen LogP contribution in [0.4, 0.5) is 5.69 Å². The zero-order valence-electron chi connectivity index (χ0n) is 22.0. The standard InChI is InChI=1S/C30H28N4O5S/c1-37-24-9-4-3-7-21(24)32-26(35)16-18-34-28(27(33-30(34)40)22-8-5-6-17-31-22)25-15-14-23(39-25)19-10-12-20(13-11-19)29(36)38-2/h3-15,17,27-28H,16,18H2,1-2H3,(H,32,35)(H,33,40)/t27-,28+/m0/s1. The molecule has 2 aromatic heterocycles. The highest BCUT2D eigenvalue weighted by molar-refractivity contribution is 7.80. The third-order valence-electron chi connectivity index (χ3n) is 6.67. The number of hydrogen-bond donors (Lipinski definition) is 2. The van der Waals surface area contributed by atoms with Gasteiger partial charge in [-0.25, -0.2) is 4.79 Å². The van der Waals surface area contributed by atoms with Crippen molar-refractivity contribution in [2.45, 2.75) is 18.5 Å². The molecule has 1 aliphatic rings. The van der Waals surface area contributed by atoms with E-state index in [0.29, 0.717) is 40.2 Å². The van der Waals surface area contributed by atoms with Gasteiger partial charge in [0.25, 0.3) is 0 Å². The number of rotatable bonds is 9. The lowest BCUT2D eigenvalue weighted by atomic mass is 10.0. The molecular formula is C30H28N4O5S. The first-order chi connectivity index (χ1) is 19.5. The Bertz CT molecular complexity index is 1510. The SMILES string of the molecule is COC(=O)c1ccc(-c2ccc([C@@H]3[C@H](c4ccccn4)NC(=S)N3CCC(=O)Nc3ccccc3OC)o2)cc1. The number of thiocarbonyl (C=S) groups is 1. The van der Waals surface area contributed by atoms with Crippen molar-refractivity contribution in [3.8, 4) is 17.1 Å². The molecule has 3 heterocycles.